The number of carbonyl (C=O) groups excluding carboxylic acids is 1. The first-order valence-electron chi connectivity index (χ1n) is 3.78. The number of hydrogen-bond acceptors (Lipinski definition) is 2. The maximum atomic E-state index is 12.1. The highest BCUT2D eigenvalue weighted by atomic mass is 19.4. The quantitative estimate of drug-likeness (QED) is 0.749. The zero-order chi connectivity index (χ0) is 10.8. The number of phenolic OH excluding ortho intramolecular Hbond substituents is 1. The molecule has 1 rings (SSSR count). The predicted octanol–water partition coefficient (Wildman–Crippen LogP) is 2.15. The molecule has 0 aromatic heterocycles. The van der Waals surface area contributed by atoms with Crippen LogP contribution in [0.15, 0.2) is 18.2 Å². The maximum absolute atomic E-state index is 12.1. The minimum atomic E-state index is -4.48. The predicted molar refractivity (Wildman–Crippen MR) is 42.9 cm³/mol. The Kier molecular flexibility index (Phi) is 2.78. The molecule has 1 N–H and O–H groups in total. The molecule has 0 aliphatic heterocycles. The zero-order valence-electron chi connectivity index (χ0n) is 7.01. The van der Waals surface area contributed by atoms with Crippen molar-refractivity contribution in [3.05, 3.63) is 29.3 Å². The van der Waals surface area contributed by atoms with Crippen molar-refractivity contribution in [1.82, 2.24) is 0 Å². The lowest BCUT2D eigenvalue weighted by molar-refractivity contribution is -0.137. The molecule has 76 valence electrons. The molecular weight excluding hydrogens is 197 g/mol. The highest BCUT2D eigenvalue weighted by Crippen LogP contribution is 2.32. The van der Waals surface area contributed by atoms with Gasteiger partial charge < -0.3 is 9.90 Å². The fourth-order valence-electron chi connectivity index (χ4n) is 1.00. The van der Waals surface area contributed by atoms with Crippen LogP contribution in [-0.2, 0) is 17.4 Å². The van der Waals surface area contributed by atoms with E-state index in [2.05, 4.69) is 0 Å². The Morgan fingerprint density at radius 1 is 1.36 bits per heavy atom. The Balaban J connectivity index is 3.06. The molecule has 0 radical (unpaired) electrons. The summed E-state index contributed by atoms with van der Waals surface area (Å²) in [5.74, 6) is -0.507. The maximum Gasteiger partial charge on any atom is 0.416 e. The van der Waals surface area contributed by atoms with Crippen LogP contribution < -0.4 is 0 Å². The van der Waals surface area contributed by atoms with Crippen LogP contribution in [0.5, 0.6) is 5.75 Å². The zero-order valence-corrected chi connectivity index (χ0v) is 7.01. The summed E-state index contributed by atoms with van der Waals surface area (Å²) in [4.78, 5) is 10.1. The monoisotopic (exact) mass is 204 g/mol. The third-order valence-corrected chi connectivity index (χ3v) is 1.72. The minimum absolute atomic E-state index is 0.0933. The molecule has 1 aromatic carbocycles. The van der Waals surface area contributed by atoms with Crippen molar-refractivity contribution in [1.29, 1.82) is 0 Å². The Morgan fingerprint density at radius 3 is 2.43 bits per heavy atom. The van der Waals surface area contributed by atoms with Gasteiger partial charge in [-0.15, -0.1) is 0 Å². The first-order chi connectivity index (χ1) is 6.45. The van der Waals surface area contributed by atoms with E-state index in [0.29, 0.717) is 12.4 Å². The topological polar surface area (TPSA) is 37.3 Å². The average Bonchev–Trinajstić information content (AvgIpc) is 2.07. The Labute approximate surface area is 78.0 Å². The highest BCUT2D eigenvalue weighted by Gasteiger charge is 2.30. The Morgan fingerprint density at radius 2 is 2.00 bits per heavy atom. The number of phenols is 1. The van der Waals surface area contributed by atoms with Gasteiger partial charge >= 0.3 is 6.18 Å². The molecule has 1 aromatic rings. The lowest BCUT2D eigenvalue weighted by Crippen LogP contribution is -2.04. The van der Waals surface area contributed by atoms with Gasteiger partial charge in [0, 0.05) is 12.0 Å². The second-order valence-corrected chi connectivity index (χ2v) is 2.71. The van der Waals surface area contributed by atoms with Crippen LogP contribution in [0.2, 0.25) is 0 Å². The summed E-state index contributed by atoms with van der Waals surface area (Å²) in [6, 6.07) is 2.53. The van der Waals surface area contributed by atoms with Crippen LogP contribution in [0.3, 0.4) is 0 Å². The molecule has 0 fully saturated rings. The highest BCUT2D eigenvalue weighted by molar-refractivity contribution is 5.57. The summed E-state index contributed by atoms with van der Waals surface area (Å²) < 4.78 is 36.3. The van der Waals surface area contributed by atoms with E-state index in [1.54, 1.807) is 0 Å². The summed E-state index contributed by atoms with van der Waals surface area (Å²) in [5, 5.41) is 9.13. The largest absolute Gasteiger partial charge is 0.508 e. The van der Waals surface area contributed by atoms with E-state index in [-0.39, 0.29) is 12.0 Å². The van der Waals surface area contributed by atoms with Crippen molar-refractivity contribution >= 4 is 6.29 Å². The first-order valence-corrected chi connectivity index (χ1v) is 3.78. The van der Waals surface area contributed by atoms with Gasteiger partial charge in [0.25, 0.3) is 0 Å². The molecule has 0 saturated heterocycles. The van der Waals surface area contributed by atoms with Gasteiger partial charge in [-0.1, -0.05) is 6.07 Å². The van der Waals surface area contributed by atoms with Gasteiger partial charge in [0.2, 0.25) is 0 Å². The number of hydrogen-bond donors (Lipinski definition) is 1. The first kappa shape index (κ1) is 10.6. The molecule has 0 atom stereocenters. The smallest absolute Gasteiger partial charge is 0.416 e. The summed E-state index contributed by atoms with van der Waals surface area (Å²) in [5.41, 5.74) is -0.738. The van der Waals surface area contributed by atoms with E-state index in [9.17, 15) is 18.0 Å². The molecule has 0 heterocycles. The molecule has 0 spiro atoms. The summed E-state index contributed by atoms with van der Waals surface area (Å²) in [6.45, 7) is 0. The minimum Gasteiger partial charge on any atom is -0.508 e. The second-order valence-electron chi connectivity index (χ2n) is 2.71. The summed E-state index contributed by atoms with van der Waals surface area (Å²) in [6.07, 6.45) is -4.05. The number of carbonyl (C=O) groups is 1. The molecular formula is C9H7F3O2. The number of alkyl halides is 3. The van der Waals surface area contributed by atoms with Crippen LogP contribution in [-0.4, -0.2) is 11.4 Å². The van der Waals surface area contributed by atoms with Crippen LogP contribution in [0.4, 0.5) is 13.2 Å². The fraction of sp³-hybridized carbons (Fsp3) is 0.222. The Bertz CT molecular complexity index is 344. The molecule has 14 heavy (non-hydrogen) atoms. The van der Waals surface area contributed by atoms with Gasteiger partial charge in [-0.05, 0) is 12.1 Å². The van der Waals surface area contributed by atoms with Crippen molar-refractivity contribution in [3.8, 4) is 5.75 Å². The third kappa shape index (κ3) is 2.25. The molecule has 0 saturated carbocycles. The lowest BCUT2D eigenvalue weighted by Gasteiger charge is -2.08. The molecule has 0 unspecified atom stereocenters. The van der Waals surface area contributed by atoms with Crippen molar-refractivity contribution < 1.29 is 23.1 Å². The summed E-state index contributed by atoms with van der Waals surface area (Å²) >= 11 is 0. The number of aldehydes is 1. The van der Waals surface area contributed by atoms with Crippen molar-refractivity contribution in [3.63, 3.8) is 0 Å². The lowest BCUT2D eigenvalue weighted by atomic mass is 10.1. The molecule has 0 aliphatic carbocycles. The summed E-state index contributed by atoms with van der Waals surface area (Å²) in [7, 11) is 0. The molecule has 0 bridgehead atoms. The van der Waals surface area contributed by atoms with Gasteiger partial charge in [-0.3, -0.25) is 0 Å². The van der Waals surface area contributed by atoms with E-state index in [0.717, 1.165) is 12.1 Å². The van der Waals surface area contributed by atoms with Gasteiger partial charge in [-0.25, -0.2) is 0 Å². The van der Waals surface area contributed by atoms with E-state index in [4.69, 9.17) is 5.11 Å². The van der Waals surface area contributed by atoms with Crippen LogP contribution >= 0.6 is 0 Å². The Hall–Kier alpha value is -1.52. The second kappa shape index (κ2) is 3.69. The molecule has 0 aliphatic rings. The molecule has 0 amide bonds. The molecule has 2 nitrogen and oxygen atoms in total. The number of benzene rings is 1. The third-order valence-electron chi connectivity index (χ3n) is 1.72. The number of halogens is 3. The van der Waals surface area contributed by atoms with Crippen LogP contribution in [0.25, 0.3) is 0 Å². The van der Waals surface area contributed by atoms with E-state index < -0.39 is 17.5 Å². The van der Waals surface area contributed by atoms with Crippen molar-refractivity contribution in [2.75, 3.05) is 0 Å². The normalized spacial score (nSPS) is 11.4. The molecule has 5 heteroatoms. The van der Waals surface area contributed by atoms with Gasteiger partial charge in [0.1, 0.15) is 12.0 Å². The van der Waals surface area contributed by atoms with Gasteiger partial charge in [0.05, 0.1) is 5.56 Å². The van der Waals surface area contributed by atoms with Crippen molar-refractivity contribution in [2.24, 2.45) is 0 Å². The van der Waals surface area contributed by atoms with Crippen LogP contribution in [0, 0.1) is 0 Å². The van der Waals surface area contributed by atoms with E-state index in [1.165, 1.54) is 0 Å². The fourth-order valence-corrected chi connectivity index (χ4v) is 1.00. The van der Waals surface area contributed by atoms with E-state index >= 15 is 0 Å². The SMILES string of the molecule is O=CCc1ccc(C(F)(F)F)cc1O. The standard InChI is InChI=1S/C9H7F3O2/c10-9(11,12)7-2-1-6(3-4-13)8(14)5-7/h1-2,4-5,14H,3H2. The van der Waals surface area contributed by atoms with Gasteiger partial charge in [-0.2, -0.15) is 13.2 Å². The number of rotatable bonds is 2. The van der Waals surface area contributed by atoms with Crippen molar-refractivity contribution in [2.45, 2.75) is 12.6 Å². The van der Waals surface area contributed by atoms with Crippen LogP contribution in [0.1, 0.15) is 11.1 Å². The van der Waals surface area contributed by atoms with Gasteiger partial charge in [0.15, 0.2) is 0 Å². The van der Waals surface area contributed by atoms with E-state index in [1.807, 2.05) is 0 Å². The number of aromatic hydroxyl groups is 1. The average molecular weight is 204 g/mol.